The van der Waals surface area contributed by atoms with Gasteiger partial charge in [-0.05, 0) is 49.9 Å². The molecule has 0 bridgehead atoms. The second-order valence-electron chi connectivity index (χ2n) is 23.0. The van der Waals surface area contributed by atoms with E-state index in [1.165, 1.54) is 281 Å². The van der Waals surface area contributed by atoms with Crippen LogP contribution in [0.2, 0.25) is 0 Å². The average Bonchev–Trinajstić information content (AvgIpc) is 3.16. The first kappa shape index (κ1) is 82.4. The Morgan fingerprint density at radius 3 is 0.671 bits per heavy atom. The van der Waals surface area contributed by atoms with Gasteiger partial charge < -0.3 is 28.1 Å². The van der Waals surface area contributed by atoms with Crippen LogP contribution >= 0.6 is 0 Å². The largest absolute Gasteiger partial charge is 2.00 e. The van der Waals surface area contributed by atoms with E-state index in [0.717, 1.165) is 38.5 Å². The number of carbonyl (C=O) groups excluding carboxylic acids is 4. The molecular weight excluding hydrogens is 1140 g/mol. The maximum absolute atomic E-state index is 12.5. The molecule has 85 heavy (non-hydrogen) atoms. The maximum Gasteiger partial charge on any atom is 2.00 e. The Hall–Kier alpha value is -2.60. The zero-order valence-corrected chi connectivity index (χ0v) is 57.4. The normalized spacial score (nSPS) is 12.1. The van der Waals surface area contributed by atoms with E-state index >= 15 is 0 Å². The second kappa shape index (κ2) is 55.5. The summed E-state index contributed by atoms with van der Waals surface area (Å²) in [5.74, 6) is -3.42. The molecule has 2 unspecified atom stereocenters. The Morgan fingerprint density at radius 1 is 0.318 bits per heavy atom. The van der Waals surface area contributed by atoms with Gasteiger partial charge in [-0.25, -0.2) is 36.0 Å². The molecule has 0 fully saturated rings. The standard InChI is InChI=1S/2C34H58O7S.Ca/c2*1-3-5-6-7-8-9-10-11-12-13-14-15-16-17-18-19-20-21-22-23-26-29-40-33(35)30-27-24-25-28-31(30)34(36)41-32(4-2)42(37,38)39;/h2*24-25,27-28,32H,3-23,26,29H2,1-2H3,(H,37,38,39);/q;;+2/p-2. The van der Waals surface area contributed by atoms with Gasteiger partial charge in [0.25, 0.3) is 0 Å². The molecule has 0 aliphatic carbocycles. The van der Waals surface area contributed by atoms with Gasteiger partial charge in [-0.3, -0.25) is 0 Å². The zero-order valence-electron chi connectivity index (χ0n) is 53.5. The van der Waals surface area contributed by atoms with E-state index < -0.39 is 55.0 Å². The van der Waals surface area contributed by atoms with Gasteiger partial charge in [-0.2, -0.15) is 0 Å². The minimum absolute atomic E-state index is 0. The molecule has 2 aromatic carbocycles. The first-order valence-corrected chi connectivity index (χ1v) is 36.4. The molecule has 0 aliphatic heterocycles. The molecular formula is C68H114CaO14S2. The van der Waals surface area contributed by atoms with Crippen molar-refractivity contribution in [3.63, 3.8) is 0 Å². The van der Waals surface area contributed by atoms with Crippen LogP contribution in [0.25, 0.3) is 0 Å². The second-order valence-corrected chi connectivity index (χ2v) is 26.0. The number of esters is 4. The monoisotopic (exact) mass is 1260 g/mol. The molecule has 17 heteroatoms. The van der Waals surface area contributed by atoms with Crippen LogP contribution in [-0.2, 0) is 39.2 Å². The predicted molar refractivity (Wildman–Crippen MR) is 343 cm³/mol. The van der Waals surface area contributed by atoms with Crippen LogP contribution in [0.3, 0.4) is 0 Å². The van der Waals surface area contributed by atoms with Gasteiger partial charge in [0.1, 0.15) is 20.2 Å². The molecule has 0 spiro atoms. The number of ether oxygens (including phenoxy) is 4. The third-order valence-electron chi connectivity index (χ3n) is 15.5. The van der Waals surface area contributed by atoms with Gasteiger partial charge in [0, 0.05) is 0 Å². The van der Waals surface area contributed by atoms with Crippen LogP contribution < -0.4 is 0 Å². The molecule has 2 aromatic rings. The molecule has 0 aliphatic rings. The van der Waals surface area contributed by atoms with Crippen molar-refractivity contribution in [2.24, 2.45) is 0 Å². The first-order chi connectivity index (χ1) is 40.6. The number of benzene rings is 2. The van der Waals surface area contributed by atoms with Gasteiger partial charge in [-0.15, -0.1) is 0 Å². The summed E-state index contributed by atoms with van der Waals surface area (Å²) in [6, 6.07) is 11.7. The molecule has 0 heterocycles. The van der Waals surface area contributed by atoms with Crippen molar-refractivity contribution in [3.8, 4) is 0 Å². The van der Waals surface area contributed by atoms with E-state index in [2.05, 4.69) is 13.8 Å². The molecule has 0 radical (unpaired) electrons. The van der Waals surface area contributed by atoms with Crippen molar-refractivity contribution in [1.82, 2.24) is 0 Å². The van der Waals surface area contributed by atoms with Gasteiger partial charge in [-0.1, -0.05) is 309 Å². The summed E-state index contributed by atoms with van der Waals surface area (Å²) >= 11 is 0. The van der Waals surface area contributed by atoms with Crippen LogP contribution in [0.1, 0.15) is 352 Å². The summed E-state index contributed by atoms with van der Waals surface area (Å²) in [4.78, 5) is 49.9. The Kier molecular flexibility index (Phi) is 53.8. The fraction of sp³-hybridized carbons (Fsp3) is 0.765. The van der Waals surface area contributed by atoms with Crippen LogP contribution in [-0.4, -0.2) is 112 Å². The van der Waals surface area contributed by atoms with E-state index in [1.807, 2.05) is 0 Å². The number of hydrogen-bond acceptors (Lipinski definition) is 14. The third-order valence-corrected chi connectivity index (χ3v) is 17.6. The minimum atomic E-state index is -4.80. The van der Waals surface area contributed by atoms with Crippen molar-refractivity contribution < 1.29 is 64.1 Å². The summed E-state index contributed by atoms with van der Waals surface area (Å²) in [6.07, 6.45) is 54.4. The summed E-state index contributed by atoms with van der Waals surface area (Å²) in [5.41, 5.74) is -3.86. The topological polar surface area (TPSA) is 220 Å². The first-order valence-electron chi connectivity index (χ1n) is 33.5. The fourth-order valence-corrected chi connectivity index (χ4v) is 11.5. The Bertz CT molecular complexity index is 2050. The van der Waals surface area contributed by atoms with Crippen LogP contribution in [0.4, 0.5) is 0 Å². The van der Waals surface area contributed by atoms with Crippen molar-refractivity contribution in [1.29, 1.82) is 0 Å². The predicted octanol–water partition coefficient (Wildman–Crippen LogP) is 18.6. The summed E-state index contributed by atoms with van der Waals surface area (Å²) in [7, 11) is -9.61. The molecule has 0 saturated carbocycles. The molecule has 0 aromatic heterocycles. The van der Waals surface area contributed by atoms with E-state index in [4.69, 9.17) is 18.9 Å². The van der Waals surface area contributed by atoms with Crippen LogP contribution in [0.15, 0.2) is 48.5 Å². The summed E-state index contributed by atoms with van der Waals surface area (Å²) < 4.78 is 87.8. The van der Waals surface area contributed by atoms with Crippen molar-refractivity contribution >= 4 is 81.9 Å². The smallest absolute Gasteiger partial charge is 0.745 e. The number of hydrogen-bond donors (Lipinski definition) is 0. The van der Waals surface area contributed by atoms with Crippen molar-refractivity contribution in [2.75, 3.05) is 13.2 Å². The van der Waals surface area contributed by atoms with Gasteiger partial charge in [0.2, 0.25) is 0 Å². The molecule has 0 N–H and O–H groups in total. The Balaban J connectivity index is 0.00000164. The molecule has 0 amide bonds. The third kappa shape index (κ3) is 44.5. The van der Waals surface area contributed by atoms with Gasteiger partial charge >= 0.3 is 61.6 Å². The van der Waals surface area contributed by atoms with Crippen LogP contribution in [0, 0.1) is 0 Å². The zero-order chi connectivity index (χ0) is 61.8. The number of rotatable bonds is 54. The minimum Gasteiger partial charge on any atom is -0.745 e. The molecule has 0 saturated heterocycles. The van der Waals surface area contributed by atoms with E-state index in [1.54, 1.807) is 12.1 Å². The molecule has 14 nitrogen and oxygen atoms in total. The number of unbranched alkanes of at least 4 members (excludes halogenated alkanes) is 40. The molecule has 2 rings (SSSR count). The summed E-state index contributed by atoms with van der Waals surface area (Å²) in [6.45, 7) is 7.88. The SMILES string of the molecule is CCCCCCCCCCCCCCCCCCCCCCCOC(=O)c1ccccc1C(=O)OC(CC)S(=O)(=O)[O-].CCCCCCCCCCCCCCCCCCCCCCCOC(=O)c1ccccc1C(=O)OC(CC)S(=O)(=O)[O-].[Ca+2]. The van der Waals surface area contributed by atoms with E-state index in [9.17, 15) is 45.1 Å². The molecule has 2 atom stereocenters. The van der Waals surface area contributed by atoms with Crippen LogP contribution in [0.5, 0.6) is 0 Å². The van der Waals surface area contributed by atoms with Gasteiger partial charge in [0.15, 0.2) is 10.9 Å². The quantitative estimate of drug-likeness (QED) is 0.0198. The fourth-order valence-electron chi connectivity index (χ4n) is 10.3. The van der Waals surface area contributed by atoms with E-state index in [0.29, 0.717) is 0 Å². The van der Waals surface area contributed by atoms with Crippen molar-refractivity contribution in [3.05, 3.63) is 70.8 Å². The maximum atomic E-state index is 12.5. The summed E-state index contributed by atoms with van der Waals surface area (Å²) in [5, 5.41) is 0. The van der Waals surface area contributed by atoms with Gasteiger partial charge in [0.05, 0.1) is 35.5 Å². The average molecular weight is 1260 g/mol. The molecule has 484 valence electrons. The number of carbonyl (C=O) groups is 4. The van der Waals surface area contributed by atoms with E-state index in [-0.39, 0.29) is 86.0 Å². The Morgan fingerprint density at radius 2 is 0.494 bits per heavy atom. The Labute approximate surface area is 546 Å². The van der Waals surface area contributed by atoms with Crippen molar-refractivity contribution in [2.45, 2.75) is 321 Å².